The maximum Gasteiger partial charge on any atom is 0.255 e. The van der Waals surface area contributed by atoms with Crippen molar-refractivity contribution >= 4 is 17.3 Å². The second-order valence-electron chi connectivity index (χ2n) is 6.34. The smallest absolute Gasteiger partial charge is 0.255 e. The average Bonchev–Trinajstić information content (AvgIpc) is 2.69. The van der Waals surface area contributed by atoms with Crippen molar-refractivity contribution < 1.29 is 9.18 Å². The number of carbonyl (C=O) groups is 1. The van der Waals surface area contributed by atoms with Crippen LogP contribution in [0.4, 0.5) is 15.8 Å². The van der Waals surface area contributed by atoms with Gasteiger partial charge in [0.2, 0.25) is 0 Å². The zero-order chi connectivity index (χ0) is 17.9. The Hall–Kier alpha value is -3.21. The number of nitrogens with zero attached hydrogens (tertiary/aromatic N) is 2. The quantitative estimate of drug-likeness (QED) is 0.774. The third-order valence-corrected chi connectivity index (χ3v) is 4.54. The monoisotopic (exact) mass is 347 g/mol. The first kappa shape index (κ1) is 16.3. The normalized spacial score (nSPS) is 13.2. The predicted molar refractivity (Wildman–Crippen MR) is 98.8 cm³/mol. The molecule has 2 aromatic carbocycles. The molecule has 0 saturated carbocycles. The summed E-state index contributed by atoms with van der Waals surface area (Å²) in [5.41, 5.74) is 4.48. The predicted octanol–water partition coefficient (Wildman–Crippen LogP) is 4.16. The fourth-order valence-corrected chi connectivity index (χ4v) is 3.18. The summed E-state index contributed by atoms with van der Waals surface area (Å²) in [6.45, 7) is 1.32. The van der Waals surface area contributed by atoms with E-state index in [9.17, 15) is 9.18 Å². The van der Waals surface area contributed by atoms with Crippen molar-refractivity contribution in [1.29, 1.82) is 0 Å². The van der Waals surface area contributed by atoms with Crippen molar-refractivity contribution in [2.75, 3.05) is 11.9 Å². The van der Waals surface area contributed by atoms with E-state index in [1.54, 1.807) is 30.6 Å². The van der Waals surface area contributed by atoms with E-state index in [2.05, 4.69) is 22.4 Å². The topological polar surface area (TPSA) is 45.2 Å². The van der Waals surface area contributed by atoms with Gasteiger partial charge in [0.25, 0.3) is 5.91 Å². The molecule has 4 rings (SSSR count). The fourth-order valence-electron chi connectivity index (χ4n) is 3.18. The second-order valence-corrected chi connectivity index (χ2v) is 6.34. The van der Waals surface area contributed by atoms with Crippen LogP contribution in [0.15, 0.2) is 67.0 Å². The number of hydrogen-bond donors (Lipinski definition) is 1. The number of pyridine rings is 1. The third-order valence-electron chi connectivity index (χ3n) is 4.54. The Bertz CT molecular complexity index is 940. The summed E-state index contributed by atoms with van der Waals surface area (Å²) in [7, 11) is 0. The Morgan fingerprint density at radius 2 is 1.77 bits per heavy atom. The third kappa shape index (κ3) is 3.42. The van der Waals surface area contributed by atoms with E-state index in [0.29, 0.717) is 24.3 Å². The van der Waals surface area contributed by atoms with Crippen LogP contribution in [-0.2, 0) is 13.0 Å². The minimum Gasteiger partial charge on any atom is -0.354 e. The molecule has 0 bridgehead atoms. The van der Waals surface area contributed by atoms with Gasteiger partial charge in [-0.2, -0.15) is 0 Å². The van der Waals surface area contributed by atoms with Gasteiger partial charge in [0.15, 0.2) is 0 Å². The fraction of sp³-hybridized carbons (Fsp3) is 0.143. The van der Waals surface area contributed by atoms with Crippen LogP contribution in [0.5, 0.6) is 0 Å². The van der Waals surface area contributed by atoms with Crippen molar-refractivity contribution in [1.82, 2.24) is 9.88 Å². The Labute approximate surface area is 151 Å². The number of rotatable bonds is 3. The maximum absolute atomic E-state index is 13.0. The molecular weight excluding hydrogens is 329 g/mol. The molecule has 0 aliphatic carbocycles. The van der Waals surface area contributed by atoms with Crippen molar-refractivity contribution in [3.8, 4) is 0 Å². The SMILES string of the molecule is O=C(c1cncc(Nc2ccc(F)cc2)c1)N1CCc2ccccc2C1. The molecule has 0 unspecified atom stereocenters. The molecule has 0 spiro atoms. The summed E-state index contributed by atoms with van der Waals surface area (Å²) in [6, 6.07) is 16.1. The minimum atomic E-state index is -0.289. The molecule has 1 N–H and O–H groups in total. The molecule has 4 nitrogen and oxygen atoms in total. The van der Waals surface area contributed by atoms with E-state index in [1.165, 1.54) is 23.3 Å². The van der Waals surface area contributed by atoms with Crippen LogP contribution in [0.3, 0.4) is 0 Å². The van der Waals surface area contributed by atoms with Gasteiger partial charge in [-0.3, -0.25) is 9.78 Å². The number of halogens is 1. The Kier molecular flexibility index (Phi) is 4.35. The number of fused-ring (bicyclic) bond motifs is 1. The lowest BCUT2D eigenvalue weighted by atomic mass is 9.99. The lowest BCUT2D eigenvalue weighted by Crippen LogP contribution is -2.36. The largest absolute Gasteiger partial charge is 0.354 e. The van der Waals surface area contributed by atoms with Crippen LogP contribution in [0.1, 0.15) is 21.5 Å². The van der Waals surface area contributed by atoms with Gasteiger partial charge in [0.1, 0.15) is 5.82 Å². The highest BCUT2D eigenvalue weighted by Gasteiger charge is 2.21. The molecule has 1 aliphatic rings. The van der Waals surface area contributed by atoms with Gasteiger partial charge >= 0.3 is 0 Å². The number of amides is 1. The summed E-state index contributed by atoms with van der Waals surface area (Å²) in [4.78, 5) is 18.9. The van der Waals surface area contributed by atoms with Gasteiger partial charge in [0.05, 0.1) is 17.4 Å². The van der Waals surface area contributed by atoms with E-state index >= 15 is 0 Å². The molecule has 130 valence electrons. The van der Waals surface area contributed by atoms with Gasteiger partial charge < -0.3 is 10.2 Å². The maximum atomic E-state index is 13.0. The molecule has 1 aromatic heterocycles. The summed E-state index contributed by atoms with van der Waals surface area (Å²) in [5, 5.41) is 3.15. The lowest BCUT2D eigenvalue weighted by molar-refractivity contribution is 0.0734. The minimum absolute atomic E-state index is 0.0326. The van der Waals surface area contributed by atoms with Crippen LogP contribution < -0.4 is 5.32 Å². The number of benzene rings is 2. The zero-order valence-corrected chi connectivity index (χ0v) is 14.2. The zero-order valence-electron chi connectivity index (χ0n) is 14.2. The summed E-state index contributed by atoms with van der Waals surface area (Å²) in [5.74, 6) is -0.322. The van der Waals surface area contributed by atoms with Gasteiger partial charge in [-0.25, -0.2) is 4.39 Å². The number of nitrogens with one attached hydrogen (secondary N) is 1. The Morgan fingerprint density at radius 1 is 1.00 bits per heavy atom. The van der Waals surface area contributed by atoms with Gasteiger partial charge in [-0.05, 0) is 47.9 Å². The average molecular weight is 347 g/mol. The standard InChI is InChI=1S/C21H18FN3O/c22-18-5-7-19(8-6-18)24-20-11-17(12-23-13-20)21(26)25-10-9-15-3-1-2-4-16(15)14-25/h1-8,11-13,24H,9-10,14H2. The molecule has 3 aromatic rings. The molecule has 1 aliphatic heterocycles. The highest BCUT2D eigenvalue weighted by molar-refractivity contribution is 5.95. The van der Waals surface area contributed by atoms with Crippen LogP contribution >= 0.6 is 0 Å². The molecule has 1 amide bonds. The van der Waals surface area contributed by atoms with Crippen molar-refractivity contribution in [2.24, 2.45) is 0 Å². The summed E-state index contributed by atoms with van der Waals surface area (Å²) in [6.07, 6.45) is 4.09. The molecule has 2 heterocycles. The van der Waals surface area contributed by atoms with E-state index in [4.69, 9.17) is 0 Å². The Morgan fingerprint density at radius 3 is 2.58 bits per heavy atom. The van der Waals surface area contributed by atoms with Gasteiger partial charge in [-0.15, -0.1) is 0 Å². The second kappa shape index (κ2) is 6.96. The molecule has 5 heteroatoms. The molecule has 0 atom stereocenters. The summed E-state index contributed by atoms with van der Waals surface area (Å²) >= 11 is 0. The molecular formula is C21H18FN3O. The molecule has 0 fully saturated rings. The Balaban J connectivity index is 1.51. The lowest BCUT2D eigenvalue weighted by Gasteiger charge is -2.29. The first-order chi connectivity index (χ1) is 12.7. The first-order valence-corrected chi connectivity index (χ1v) is 8.53. The highest BCUT2D eigenvalue weighted by atomic mass is 19.1. The van der Waals surface area contributed by atoms with Crippen molar-refractivity contribution in [3.05, 3.63) is 89.5 Å². The van der Waals surface area contributed by atoms with E-state index in [0.717, 1.165) is 12.1 Å². The van der Waals surface area contributed by atoms with E-state index in [-0.39, 0.29) is 11.7 Å². The molecule has 26 heavy (non-hydrogen) atoms. The number of aromatic nitrogens is 1. The molecule has 0 saturated heterocycles. The van der Waals surface area contributed by atoms with Crippen LogP contribution in [-0.4, -0.2) is 22.3 Å². The number of anilines is 2. The van der Waals surface area contributed by atoms with E-state index in [1.807, 2.05) is 17.0 Å². The van der Waals surface area contributed by atoms with Crippen LogP contribution in [0, 0.1) is 5.82 Å². The highest BCUT2D eigenvalue weighted by Crippen LogP contribution is 2.22. The van der Waals surface area contributed by atoms with Crippen molar-refractivity contribution in [2.45, 2.75) is 13.0 Å². The van der Waals surface area contributed by atoms with Crippen molar-refractivity contribution in [3.63, 3.8) is 0 Å². The van der Waals surface area contributed by atoms with Crippen LogP contribution in [0.25, 0.3) is 0 Å². The van der Waals surface area contributed by atoms with Crippen LogP contribution in [0.2, 0.25) is 0 Å². The summed E-state index contributed by atoms with van der Waals surface area (Å²) < 4.78 is 13.0. The van der Waals surface area contributed by atoms with Gasteiger partial charge in [0, 0.05) is 25.0 Å². The van der Waals surface area contributed by atoms with E-state index < -0.39 is 0 Å². The van der Waals surface area contributed by atoms with Gasteiger partial charge in [-0.1, -0.05) is 24.3 Å². The number of hydrogen-bond acceptors (Lipinski definition) is 3. The molecule has 0 radical (unpaired) electrons. The number of carbonyl (C=O) groups excluding carboxylic acids is 1. The first-order valence-electron chi connectivity index (χ1n) is 8.53.